The fraction of sp³-hybridized carbons (Fsp3) is 0.444. The van der Waals surface area contributed by atoms with E-state index in [1.165, 1.54) is 11.8 Å². The molecule has 136 valence electrons. The van der Waals surface area contributed by atoms with Crippen LogP contribution in [-0.2, 0) is 11.3 Å². The van der Waals surface area contributed by atoms with Gasteiger partial charge in [-0.3, -0.25) is 4.79 Å². The van der Waals surface area contributed by atoms with Gasteiger partial charge in [-0.15, -0.1) is 11.8 Å². The lowest BCUT2D eigenvalue weighted by atomic mass is 10.2. The predicted molar refractivity (Wildman–Crippen MR) is 96.3 cm³/mol. The summed E-state index contributed by atoms with van der Waals surface area (Å²) in [6.07, 6.45) is 3.00. The third-order valence-corrected chi connectivity index (χ3v) is 5.09. The predicted octanol–water partition coefficient (Wildman–Crippen LogP) is 3.80. The molecule has 0 bridgehead atoms. The molecule has 0 radical (unpaired) electrons. The van der Waals surface area contributed by atoms with Gasteiger partial charge in [-0.2, -0.15) is 0 Å². The van der Waals surface area contributed by atoms with E-state index < -0.39 is 6.09 Å². The number of nitrogens with zero attached hydrogens (tertiary/aromatic N) is 1. The fourth-order valence-electron chi connectivity index (χ4n) is 2.65. The molecule has 2 rings (SSSR count). The monoisotopic (exact) mass is 366 g/mol. The highest BCUT2D eigenvalue weighted by Gasteiger charge is 2.16. The van der Waals surface area contributed by atoms with Crippen LogP contribution in [0.15, 0.2) is 41.1 Å². The van der Waals surface area contributed by atoms with Crippen molar-refractivity contribution < 1.29 is 19.1 Å². The van der Waals surface area contributed by atoms with E-state index >= 15 is 0 Å². The SMILES string of the molecule is O=C(O)NC/C(=C\F)CSc1cccc(CN2CCCCCC2=O)c1. The van der Waals surface area contributed by atoms with Crippen molar-refractivity contribution in [2.45, 2.75) is 37.1 Å². The maximum absolute atomic E-state index is 12.8. The number of nitrogens with one attached hydrogen (secondary N) is 1. The van der Waals surface area contributed by atoms with Crippen LogP contribution in [0, 0.1) is 0 Å². The lowest BCUT2D eigenvalue weighted by Crippen LogP contribution is -2.29. The first-order valence-electron chi connectivity index (χ1n) is 8.33. The number of hydrogen-bond donors (Lipinski definition) is 2. The van der Waals surface area contributed by atoms with Crippen LogP contribution < -0.4 is 5.32 Å². The molecule has 1 fully saturated rings. The molecule has 1 saturated heterocycles. The average molecular weight is 366 g/mol. The molecule has 1 aliphatic heterocycles. The summed E-state index contributed by atoms with van der Waals surface area (Å²) in [5.41, 5.74) is 1.43. The van der Waals surface area contributed by atoms with Crippen LogP contribution in [0.25, 0.3) is 0 Å². The minimum atomic E-state index is -1.17. The Labute approximate surface area is 151 Å². The Morgan fingerprint density at radius 3 is 2.96 bits per heavy atom. The van der Waals surface area contributed by atoms with E-state index in [1.807, 2.05) is 29.2 Å². The Morgan fingerprint density at radius 2 is 2.20 bits per heavy atom. The smallest absolute Gasteiger partial charge is 0.404 e. The average Bonchev–Trinajstić information content (AvgIpc) is 2.80. The third-order valence-electron chi connectivity index (χ3n) is 3.99. The molecule has 25 heavy (non-hydrogen) atoms. The van der Waals surface area contributed by atoms with E-state index in [9.17, 15) is 14.0 Å². The number of carboxylic acid groups (broad SMARTS) is 1. The molecule has 0 unspecified atom stereocenters. The van der Waals surface area contributed by atoms with Crippen LogP contribution in [0.5, 0.6) is 0 Å². The summed E-state index contributed by atoms with van der Waals surface area (Å²) in [6, 6.07) is 7.84. The Bertz CT molecular complexity index is 637. The molecule has 0 saturated carbocycles. The van der Waals surface area contributed by atoms with Gasteiger partial charge in [0.1, 0.15) is 0 Å². The van der Waals surface area contributed by atoms with E-state index in [1.54, 1.807) is 0 Å². The molecule has 0 aromatic heterocycles. The van der Waals surface area contributed by atoms with Crippen molar-refractivity contribution in [3.63, 3.8) is 0 Å². The van der Waals surface area contributed by atoms with Gasteiger partial charge < -0.3 is 15.3 Å². The summed E-state index contributed by atoms with van der Waals surface area (Å²) in [7, 11) is 0. The summed E-state index contributed by atoms with van der Waals surface area (Å²) >= 11 is 1.44. The van der Waals surface area contributed by atoms with Crippen molar-refractivity contribution in [2.75, 3.05) is 18.8 Å². The number of carbonyl (C=O) groups excluding carboxylic acids is 1. The molecule has 0 atom stereocenters. The standard InChI is InChI=1S/C18H23FN2O3S/c19-10-15(11-20-18(23)24)13-25-16-6-4-5-14(9-16)12-21-8-3-1-2-7-17(21)22/h4-6,9-10,20H,1-3,7-8,11-13H2,(H,23,24)/b15-10+. The van der Waals surface area contributed by atoms with Crippen molar-refractivity contribution in [3.8, 4) is 0 Å². The number of hydrogen-bond acceptors (Lipinski definition) is 3. The molecule has 1 aliphatic rings. The van der Waals surface area contributed by atoms with Crippen LogP contribution in [0.4, 0.5) is 9.18 Å². The van der Waals surface area contributed by atoms with Gasteiger partial charge in [0.25, 0.3) is 0 Å². The number of halogens is 1. The summed E-state index contributed by atoms with van der Waals surface area (Å²) < 4.78 is 12.8. The van der Waals surface area contributed by atoms with Gasteiger partial charge >= 0.3 is 6.09 Å². The van der Waals surface area contributed by atoms with E-state index in [-0.39, 0.29) is 12.5 Å². The molecule has 2 amide bonds. The highest BCUT2D eigenvalue weighted by molar-refractivity contribution is 7.99. The molecule has 1 aromatic carbocycles. The van der Waals surface area contributed by atoms with Crippen molar-refractivity contribution in [1.29, 1.82) is 0 Å². The second-order valence-electron chi connectivity index (χ2n) is 5.99. The van der Waals surface area contributed by atoms with Crippen LogP contribution >= 0.6 is 11.8 Å². The molecule has 1 aromatic rings. The second kappa shape index (κ2) is 10.1. The zero-order valence-corrected chi connectivity index (χ0v) is 14.9. The first-order chi connectivity index (χ1) is 12.1. The zero-order chi connectivity index (χ0) is 18.1. The van der Waals surface area contributed by atoms with Crippen molar-refractivity contribution >= 4 is 23.8 Å². The Kier molecular flexibility index (Phi) is 7.78. The summed E-state index contributed by atoms with van der Waals surface area (Å²) in [5.74, 6) is 0.570. The molecule has 7 heteroatoms. The Balaban J connectivity index is 1.91. The molecular weight excluding hydrogens is 343 g/mol. The van der Waals surface area contributed by atoms with E-state index in [4.69, 9.17) is 5.11 Å². The lowest BCUT2D eigenvalue weighted by Gasteiger charge is -2.20. The second-order valence-corrected chi connectivity index (χ2v) is 7.04. The molecule has 5 nitrogen and oxygen atoms in total. The normalized spacial score (nSPS) is 15.8. The number of likely N-dealkylation sites (tertiary alicyclic amines) is 1. The van der Waals surface area contributed by atoms with Crippen LogP contribution in [0.2, 0.25) is 0 Å². The van der Waals surface area contributed by atoms with Gasteiger partial charge in [0.2, 0.25) is 5.91 Å². The van der Waals surface area contributed by atoms with Crippen LogP contribution in [0.3, 0.4) is 0 Å². The van der Waals surface area contributed by atoms with Gasteiger partial charge in [-0.25, -0.2) is 9.18 Å². The summed E-state index contributed by atoms with van der Waals surface area (Å²) in [4.78, 5) is 25.5. The summed E-state index contributed by atoms with van der Waals surface area (Å²) in [5, 5.41) is 10.7. The number of rotatable bonds is 7. The van der Waals surface area contributed by atoms with Crippen LogP contribution in [-0.4, -0.2) is 40.8 Å². The van der Waals surface area contributed by atoms with Crippen LogP contribution in [0.1, 0.15) is 31.2 Å². The highest BCUT2D eigenvalue weighted by atomic mass is 32.2. The zero-order valence-electron chi connectivity index (χ0n) is 14.0. The number of benzene rings is 1. The largest absolute Gasteiger partial charge is 0.465 e. The third kappa shape index (κ3) is 6.78. The molecule has 0 aliphatic carbocycles. The Morgan fingerprint density at radius 1 is 1.36 bits per heavy atom. The molecular formula is C18H23FN2O3S. The molecule has 0 spiro atoms. The highest BCUT2D eigenvalue weighted by Crippen LogP contribution is 2.23. The van der Waals surface area contributed by atoms with E-state index in [0.717, 1.165) is 36.3 Å². The van der Waals surface area contributed by atoms with Crippen molar-refractivity contribution in [2.24, 2.45) is 0 Å². The topological polar surface area (TPSA) is 69.6 Å². The Hall–Kier alpha value is -2.02. The minimum absolute atomic E-state index is 0.0270. The summed E-state index contributed by atoms with van der Waals surface area (Å²) in [6.45, 7) is 1.37. The lowest BCUT2D eigenvalue weighted by molar-refractivity contribution is -0.131. The fourth-order valence-corrected chi connectivity index (χ4v) is 3.57. The van der Waals surface area contributed by atoms with Gasteiger partial charge in [-0.1, -0.05) is 18.6 Å². The van der Waals surface area contributed by atoms with Crippen molar-refractivity contribution in [1.82, 2.24) is 10.2 Å². The number of carbonyl (C=O) groups is 2. The van der Waals surface area contributed by atoms with E-state index in [0.29, 0.717) is 30.6 Å². The quantitative estimate of drug-likeness (QED) is 0.720. The van der Waals surface area contributed by atoms with Gasteiger partial charge in [-0.05, 0) is 36.1 Å². The minimum Gasteiger partial charge on any atom is -0.465 e. The van der Waals surface area contributed by atoms with Crippen molar-refractivity contribution in [3.05, 3.63) is 41.7 Å². The van der Waals surface area contributed by atoms with E-state index in [2.05, 4.69) is 5.32 Å². The number of amides is 2. The van der Waals surface area contributed by atoms with Gasteiger partial charge in [0, 0.05) is 36.7 Å². The number of thioether (sulfide) groups is 1. The maximum Gasteiger partial charge on any atom is 0.404 e. The molecule has 2 N–H and O–H groups in total. The first-order valence-corrected chi connectivity index (χ1v) is 9.31. The van der Waals surface area contributed by atoms with Gasteiger partial charge in [0.05, 0.1) is 6.33 Å². The maximum atomic E-state index is 12.8. The van der Waals surface area contributed by atoms with Gasteiger partial charge in [0.15, 0.2) is 0 Å². The first kappa shape index (κ1) is 19.3. The molecule has 1 heterocycles.